The summed E-state index contributed by atoms with van der Waals surface area (Å²) in [5.41, 5.74) is -0.0207. The molecule has 1 unspecified atom stereocenters. The van der Waals surface area contributed by atoms with Crippen molar-refractivity contribution < 1.29 is 14.3 Å². The Morgan fingerprint density at radius 3 is 2.89 bits per heavy atom. The van der Waals surface area contributed by atoms with Gasteiger partial charge in [0.2, 0.25) is 5.89 Å². The van der Waals surface area contributed by atoms with E-state index in [0.717, 1.165) is 0 Å². The van der Waals surface area contributed by atoms with Crippen LogP contribution in [0.4, 0.5) is 0 Å². The number of carbonyl (C=O) groups is 1. The van der Waals surface area contributed by atoms with E-state index in [1.807, 2.05) is 0 Å². The van der Waals surface area contributed by atoms with Crippen molar-refractivity contribution in [3.05, 3.63) is 41.9 Å². The van der Waals surface area contributed by atoms with Gasteiger partial charge < -0.3 is 14.8 Å². The van der Waals surface area contributed by atoms with Crippen molar-refractivity contribution in [2.75, 3.05) is 0 Å². The number of rotatable bonds is 3. The molecule has 2 heterocycles. The van der Waals surface area contributed by atoms with E-state index in [2.05, 4.69) is 15.3 Å². The standard InChI is InChI=1S/C12H13N3O3/c1-7-6-14-12(18-7)8(2)15-11(17)10-9(16)4-3-5-13-10/h3-6,8,16H,1-2H3,(H,15,17). The third kappa shape index (κ3) is 2.48. The number of hydrogen-bond acceptors (Lipinski definition) is 5. The van der Waals surface area contributed by atoms with Gasteiger partial charge in [-0.05, 0) is 26.0 Å². The highest BCUT2D eigenvalue weighted by atomic mass is 16.4. The largest absolute Gasteiger partial charge is 0.505 e. The molecule has 0 aromatic carbocycles. The Morgan fingerprint density at radius 1 is 1.50 bits per heavy atom. The molecule has 0 saturated carbocycles. The van der Waals surface area contributed by atoms with Crippen LogP contribution >= 0.6 is 0 Å². The van der Waals surface area contributed by atoms with E-state index < -0.39 is 11.9 Å². The summed E-state index contributed by atoms with van der Waals surface area (Å²) in [7, 11) is 0. The highest BCUT2D eigenvalue weighted by Crippen LogP contribution is 2.16. The smallest absolute Gasteiger partial charge is 0.274 e. The molecular weight excluding hydrogens is 234 g/mol. The molecule has 2 aromatic rings. The molecule has 0 aliphatic carbocycles. The number of aromatic nitrogens is 2. The molecule has 0 aliphatic heterocycles. The molecule has 0 fully saturated rings. The Balaban J connectivity index is 2.10. The monoisotopic (exact) mass is 247 g/mol. The molecule has 0 aliphatic rings. The fourth-order valence-corrected chi connectivity index (χ4v) is 1.47. The lowest BCUT2D eigenvalue weighted by Gasteiger charge is -2.10. The van der Waals surface area contributed by atoms with Crippen LogP contribution in [0, 0.1) is 6.92 Å². The molecular formula is C12H13N3O3. The van der Waals surface area contributed by atoms with Crippen LogP contribution in [-0.2, 0) is 0 Å². The van der Waals surface area contributed by atoms with Crippen molar-refractivity contribution in [3.8, 4) is 5.75 Å². The summed E-state index contributed by atoms with van der Waals surface area (Å²) in [6, 6.07) is 2.56. The zero-order valence-electron chi connectivity index (χ0n) is 10.0. The molecule has 94 valence electrons. The molecule has 18 heavy (non-hydrogen) atoms. The van der Waals surface area contributed by atoms with Crippen molar-refractivity contribution in [1.29, 1.82) is 0 Å². The lowest BCUT2D eigenvalue weighted by Crippen LogP contribution is -2.27. The number of hydrogen-bond donors (Lipinski definition) is 2. The number of aromatic hydroxyl groups is 1. The third-order valence-corrected chi connectivity index (χ3v) is 2.36. The van der Waals surface area contributed by atoms with Crippen LogP contribution in [0.25, 0.3) is 0 Å². The molecule has 2 rings (SSSR count). The zero-order chi connectivity index (χ0) is 13.1. The van der Waals surface area contributed by atoms with Gasteiger partial charge in [0.1, 0.15) is 17.6 Å². The molecule has 6 nitrogen and oxygen atoms in total. The third-order valence-electron chi connectivity index (χ3n) is 2.36. The van der Waals surface area contributed by atoms with Crippen molar-refractivity contribution in [2.45, 2.75) is 19.9 Å². The highest BCUT2D eigenvalue weighted by molar-refractivity contribution is 5.94. The number of nitrogens with one attached hydrogen (secondary N) is 1. The van der Waals surface area contributed by atoms with Crippen LogP contribution in [0.5, 0.6) is 5.75 Å². The fourth-order valence-electron chi connectivity index (χ4n) is 1.47. The average Bonchev–Trinajstić information content (AvgIpc) is 2.76. The van der Waals surface area contributed by atoms with Gasteiger partial charge >= 0.3 is 0 Å². The first-order chi connectivity index (χ1) is 8.58. The van der Waals surface area contributed by atoms with Crippen molar-refractivity contribution in [2.24, 2.45) is 0 Å². The normalized spacial score (nSPS) is 12.1. The molecule has 0 spiro atoms. The van der Waals surface area contributed by atoms with Gasteiger partial charge in [0.15, 0.2) is 5.69 Å². The Kier molecular flexibility index (Phi) is 3.27. The summed E-state index contributed by atoms with van der Waals surface area (Å²) in [6.07, 6.45) is 3.02. The van der Waals surface area contributed by atoms with Gasteiger partial charge in [-0.2, -0.15) is 0 Å². The zero-order valence-corrected chi connectivity index (χ0v) is 10.0. The minimum absolute atomic E-state index is 0.0207. The molecule has 0 bridgehead atoms. The quantitative estimate of drug-likeness (QED) is 0.859. The minimum atomic E-state index is -0.476. The van der Waals surface area contributed by atoms with E-state index in [0.29, 0.717) is 11.7 Å². The van der Waals surface area contributed by atoms with Gasteiger partial charge in [0, 0.05) is 6.20 Å². The van der Waals surface area contributed by atoms with Gasteiger partial charge in [-0.15, -0.1) is 0 Å². The topological polar surface area (TPSA) is 88.2 Å². The maximum absolute atomic E-state index is 11.9. The first-order valence-electron chi connectivity index (χ1n) is 5.45. The SMILES string of the molecule is Cc1cnc(C(C)NC(=O)c2ncccc2O)o1. The molecule has 1 atom stereocenters. The Hall–Kier alpha value is -2.37. The van der Waals surface area contributed by atoms with Gasteiger partial charge in [-0.25, -0.2) is 9.97 Å². The lowest BCUT2D eigenvalue weighted by atomic mass is 10.2. The number of aryl methyl sites for hydroxylation is 1. The van der Waals surface area contributed by atoms with E-state index in [9.17, 15) is 9.90 Å². The highest BCUT2D eigenvalue weighted by Gasteiger charge is 2.18. The first-order valence-corrected chi connectivity index (χ1v) is 5.45. The van der Waals surface area contributed by atoms with Gasteiger partial charge in [0.05, 0.1) is 6.20 Å². The average molecular weight is 247 g/mol. The predicted molar refractivity (Wildman–Crippen MR) is 63.0 cm³/mol. The van der Waals surface area contributed by atoms with Crippen molar-refractivity contribution in [3.63, 3.8) is 0 Å². The van der Waals surface area contributed by atoms with E-state index in [1.165, 1.54) is 12.3 Å². The fraction of sp³-hybridized carbons (Fsp3) is 0.250. The van der Waals surface area contributed by atoms with Gasteiger partial charge in [-0.3, -0.25) is 4.79 Å². The van der Waals surface area contributed by atoms with E-state index >= 15 is 0 Å². The molecule has 2 aromatic heterocycles. The molecule has 1 amide bonds. The van der Waals surface area contributed by atoms with Crippen LogP contribution in [0.1, 0.15) is 35.1 Å². The number of amides is 1. The molecule has 6 heteroatoms. The summed E-state index contributed by atoms with van der Waals surface area (Å²) in [5, 5.41) is 12.2. The van der Waals surface area contributed by atoms with Crippen LogP contribution < -0.4 is 5.32 Å². The van der Waals surface area contributed by atoms with Crippen LogP contribution in [-0.4, -0.2) is 21.0 Å². The summed E-state index contributed by atoms with van der Waals surface area (Å²) >= 11 is 0. The second kappa shape index (κ2) is 4.87. The number of oxazole rings is 1. The number of pyridine rings is 1. The van der Waals surface area contributed by atoms with E-state index in [-0.39, 0.29) is 11.4 Å². The maximum Gasteiger partial charge on any atom is 0.274 e. The maximum atomic E-state index is 11.9. The van der Waals surface area contributed by atoms with Crippen molar-refractivity contribution >= 4 is 5.91 Å². The molecule has 0 saturated heterocycles. The van der Waals surface area contributed by atoms with Crippen LogP contribution in [0.3, 0.4) is 0 Å². The second-order valence-electron chi connectivity index (χ2n) is 3.88. The van der Waals surface area contributed by atoms with Crippen molar-refractivity contribution in [1.82, 2.24) is 15.3 Å². The summed E-state index contributed by atoms with van der Waals surface area (Å²) in [5.74, 6) is 0.449. The lowest BCUT2D eigenvalue weighted by molar-refractivity contribution is 0.0926. The Labute approximate surface area is 104 Å². The number of nitrogens with zero attached hydrogens (tertiary/aromatic N) is 2. The minimum Gasteiger partial charge on any atom is -0.505 e. The van der Waals surface area contributed by atoms with Gasteiger partial charge in [0.25, 0.3) is 5.91 Å². The van der Waals surface area contributed by atoms with Crippen LogP contribution in [0.2, 0.25) is 0 Å². The van der Waals surface area contributed by atoms with E-state index in [1.54, 1.807) is 26.1 Å². The Morgan fingerprint density at radius 2 is 2.28 bits per heavy atom. The number of carbonyl (C=O) groups excluding carboxylic acids is 1. The first kappa shape index (κ1) is 12.1. The van der Waals surface area contributed by atoms with E-state index in [4.69, 9.17) is 4.42 Å². The second-order valence-corrected chi connectivity index (χ2v) is 3.88. The van der Waals surface area contributed by atoms with Crippen LogP contribution in [0.15, 0.2) is 28.9 Å². The molecule has 2 N–H and O–H groups in total. The Bertz CT molecular complexity index is 565. The van der Waals surface area contributed by atoms with Gasteiger partial charge in [-0.1, -0.05) is 0 Å². The summed E-state index contributed by atoms with van der Waals surface area (Å²) in [6.45, 7) is 3.51. The summed E-state index contributed by atoms with van der Waals surface area (Å²) in [4.78, 5) is 19.7. The summed E-state index contributed by atoms with van der Waals surface area (Å²) < 4.78 is 5.30. The predicted octanol–water partition coefficient (Wildman–Crippen LogP) is 1.57. The molecule has 0 radical (unpaired) electrons.